The molecule has 2 aromatic carbocycles. The molecule has 1 aliphatic heterocycles. The number of ether oxygens (including phenoxy) is 3. The molecule has 0 aliphatic carbocycles. The fourth-order valence-corrected chi connectivity index (χ4v) is 3.35. The Morgan fingerprint density at radius 3 is 2.37 bits per heavy atom. The first-order valence-electron chi connectivity index (χ1n) is 8.52. The first-order chi connectivity index (χ1) is 12.9. The molecular formula is C20H22O7. The lowest BCUT2D eigenvalue weighted by Gasteiger charge is -2.22. The zero-order valence-corrected chi connectivity index (χ0v) is 15.1. The highest BCUT2D eigenvalue weighted by molar-refractivity contribution is 5.75. The fraction of sp³-hybridized carbons (Fsp3) is 0.350. The number of methoxy groups -OCH3 is 2. The number of phenols is 2. The maximum atomic E-state index is 12.2. The quantitative estimate of drug-likeness (QED) is 0.666. The summed E-state index contributed by atoms with van der Waals surface area (Å²) in [6.07, 6.45) is -0.623. The third-order valence-electron chi connectivity index (χ3n) is 4.89. The van der Waals surface area contributed by atoms with E-state index in [2.05, 4.69) is 0 Å². The summed E-state index contributed by atoms with van der Waals surface area (Å²) in [5, 5.41) is 30.3. The molecule has 2 aromatic rings. The standard InChI is InChI=1S/C20H22O7/c1-25-17-8-11(3-5-15(17)21)7-13-14(10-27-20(13)24)19(23)12-4-6-16(22)18(9-12)26-2/h3-6,8-9,13-14,19,21-23H,7,10H2,1-2H3/t13-,14-,19+/m0/s1. The van der Waals surface area contributed by atoms with Crippen molar-refractivity contribution in [1.82, 2.24) is 0 Å². The van der Waals surface area contributed by atoms with E-state index in [1.165, 1.54) is 26.4 Å². The zero-order valence-electron chi connectivity index (χ0n) is 15.1. The van der Waals surface area contributed by atoms with Crippen molar-refractivity contribution in [3.8, 4) is 23.0 Å². The average molecular weight is 374 g/mol. The fourth-order valence-electron chi connectivity index (χ4n) is 3.35. The second kappa shape index (κ2) is 7.75. The Hall–Kier alpha value is -2.93. The number of carbonyl (C=O) groups is 1. The minimum absolute atomic E-state index is 0.0167. The van der Waals surface area contributed by atoms with Crippen LogP contribution in [0.15, 0.2) is 36.4 Å². The maximum absolute atomic E-state index is 12.2. The number of aromatic hydroxyl groups is 2. The maximum Gasteiger partial charge on any atom is 0.309 e. The van der Waals surface area contributed by atoms with Gasteiger partial charge in [0.15, 0.2) is 23.0 Å². The Balaban J connectivity index is 1.83. The van der Waals surface area contributed by atoms with E-state index in [0.29, 0.717) is 17.7 Å². The number of aliphatic hydroxyl groups is 1. The van der Waals surface area contributed by atoms with Gasteiger partial charge in [-0.3, -0.25) is 4.79 Å². The van der Waals surface area contributed by atoms with Gasteiger partial charge in [0.2, 0.25) is 0 Å². The summed E-state index contributed by atoms with van der Waals surface area (Å²) in [4.78, 5) is 12.2. The van der Waals surface area contributed by atoms with Crippen LogP contribution in [0.1, 0.15) is 17.2 Å². The zero-order chi connectivity index (χ0) is 19.6. The number of cyclic esters (lactones) is 1. The van der Waals surface area contributed by atoms with Crippen molar-refractivity contribution in [1.29, 1.82) is 0 Å². The predicted octanol–water partition coefficient (Wildman–Crippen LogP) is 2.18. The predicted molar refractivity (Wildman–Crippen MR) is 95.9 cm³/mol. The molecule has 1 saturated heterocycles. The normalized spacial score (nSPS) is 20.2. The van der Waals surface area contributed by atoms with Crippen LogP contribution in [0.25, 0.3) is 0 Å². The number of aliphatic hydroxyl groups excluding tert-OH is 1. The van der Waals surface area contributed by atoms with Gasteiger partial charge in [-0.1, -0.05) is 12.1 Å². The van der Waals surface area contributed by atoms with Crippen LogP contribution >= 0.6 is 0 Å². The molecule has 0 spiro atoms. The van der Waals surface area contributed by atoms with Crippen LogP contribution in [0.3, 0.4) is 0 Å². The molecular weight excluding hydrogens is 352 g/mol. The van der Waals surface area contributed by atoms with Crippen LogP contribution in [0.5, 0.6) is 23.0 Å². The molecule has 1 heterocycles. The van der Waals surface area contributed by atoms with E-state index >= 15 is 0 Å². The summed E-state index contributed by atoms with van der Waals surface area (Å²) >= 11 is 0. The van der Waals surface area contributed by atoms with Crippen LogP contribution in [-0.4, -0.2) is 42.1 Å². The Bertz CT molecular complexity index is 833. The molecule has 3 rings (SSSR count). The van der Waals surface area contributed by atoms with Gasteiger partial charge in [0.1, 0.15) is 0 Å². The number of hydrogen-bond acceptors (Lipinski definition) is 7. The Labute approximate surface area is 156 Å². The second-order valence-electron chi connectivity index (χ2n) is 6.49. The molecule has 0 saturated carbocycles. The lowest BCUT2D eigenvalue weighted by atomic mass is 9.83. The first-order valence-corrected chi connectivity index (χ1v) is 8.52. The molecule has 144 valence electrons. The van der Waals surface area contributed by atoms with Gasteiger partial charge < -0.3 is 29.5 Å². The summed E-state index contributed by atoms with van der Waals surface area (Å²) < 4.78 is 15.4. The molecule has 0 amide bonds. The third kappa shape index (κ3) is 3.78. The molecule has 3 N–H and O–H groups in total. The van der Waals surface area contributed by atoms with E-state index in [4.69, 9.17) is 14.2 Å². The lowest BCUT2D eigenvalue weighted by Crippen LogP contribution is -2.24. The van der Waals surface area contributed by atoms with Crippen LogP contribution in [0, 0.1) is 11.8 Å². The van der Waals surface area contributed by atoms with E-state index in [0.717, 1.165) is 5.56 Å². The summed E-state index contributed by atoms with van der Waals surface area (Å²) in [5.41, 5.74) is 1.32. The van der Waals surface area contributed by atoms with E-state index in [-0.39, 0.29) is 29.8 Å². The summed E-state index contributed by atoms with van der Waals surface area (Å²) in [5.74, 6) is -0.823. The van der Waals surface area contributed by atoms with Gasteiger partial charge in [0.25, 0.3) is 0 Å². The van der Waals surface area contributed by atoms with Crippen molar-refractivity contribution in [2.45, 2.75) is 12.5 Å². The van der Waals surface area contributed by atoms with E-state index in [1.54, 1.807) is 24.3 Å². The topological polar surface area (TPSA) is 105 Å². The molecule has 0 radical (unpaired) electrons. The minimum Gasteiger partial charge on any atom is -0.504 e. The van der Waals surface area contributed by atoms with Gasteiger partial charge in [-0.25, -0.2) is 0 Å². The largest absolute Gasteiger partial charge is 0.504 e. The van der Waals surface area contributed by atoms with Gasteiger partial charge in [0, 0.05) is 5.92 Å². The summed E-state index contributed by atoms with van der Waals surface area (Å²) in [7, 11) is 2.88. The Morgan fingerprint density at radius 1 is 1.07 bits per heavy atom. The van der Waals surface area contributed by atoms with Crippen molar-refractivity contribution in [2.24, 2.45) is 11.8 Å². The third-order valence-corrected chi connectivity index (χ3v) is 4.89. The van der Waals surface area contributed by atoms with Gasteiger partial charge in [0.05, 0.1) is 32.8 Å². The van der Waals surface area contributed by atoms with Crippen LogP contribution < -0.4 is 9.47 Å². The lowest BCUT2D eigenvalue weighted by molar-refractivity contribution is -0.141. The van der Waals surface area contributed by atoms with Crippen molar-refractivity contribution >= 4 is 5.97 Å². The SMILES string of the molecule is COc1cc(C[C@@H]2C(=O)OC[C@@H]2[C@H](O)c2ccc(O)c(OC)c2)ccc1O. The van der Waals surface area contributed by atoms with Crippen LogP contribution in [-0.2, 0) is 16.0 Å². The molecule has 7 nitrogen and oxygen atoms in total. The minimum atomic E-state index is -0.963. The number of rotatable bonds is 6. The molecule has 3 atom stereocenters. The molecule has 27 heavy (non-hydrogen) atoms. The molecule has 0 aromatic heterocycles. The average Bonchev–Trinajstić information content (AvgIpc) is 3.03. The van der Waals surface area contributed by atoms with Crippen molar-refractivity contribution in [2.75, 3.05) is 20.8 Å². The first kappa shape index (κ1) is 18.8. The highest BCUT2D eigenvalue weighted by Gasteiger charge is 2.41. The highest BCUT2D eigenvalue weighted by Crippen LogP contribution is 2.39. The molecule has 0 unspecified atom stereocenters. The van der Waals surface area contributed by atoms with Gasteiger partial charge >= 0.3 is 5.97 Å². The Morgan fingerprint density at radius 2 is 1.70 bits per heavy atom. The van der Waals surface area contributed by atoms with Crippen LogP contribution in [0.2, 0.25) is 0 Å². The number of phenolic OH excluding ortho intramolecular Hbond substituents is 2. The van der Waals surface area contributed by atoms with E-state index in [9.17, 15) is 20.1 Å². The van der Waals surface area contributed by atoms with Crippen LogP contribution in [0.4, 0.5) is 0 Å². The summed E-state index contributed by atoms with van der Waals surface area (Å²) in [6.45, 7) is 0.100. The number of hydrogen-bond donors (Lipinski definition) is 3. The molecule has 7 heteroatoms. The highest BCUT2D eigenvalue weighted by atomic mass is 16.5. The van der Waals surface area contributed by atoms with Gasteiger partial charge in [-0.15, -0.1) is 0 Å². The van der Waals surface area contributed by atoms with Gasteiger partial charge in [-0.2, -0.15) is 0 Å². The van der Waals surface area contributed by atoms with Crippen molar-refractivity contribution in [3.63, 3.8) is 0 Å². The van der Waals surface area contributed by atoms with E-state index in [1.807, 2.05) is 0 Å². The van der Waals surface area contributed by atoms with Gasteiger partial charge in [-0.05, 0) is 41.8 Å². The van der Waals surface area contributed by atoms with Crippen molar-refractivity contribution < 1.29 is 34.3 Å². The second-order valence-corrected chi connectivity index (χ2v) is 6.49. The molecule has 1 aliphatic rings. The number of esters is 1. The van der Waals surface area contributed by atoms with E-state index < -0.39 is 17.9 Å². The monoisotopic (exact) mass is 374 g/mol. The van der Waals surface area contributed by atoms with Crippen molar-refractivity contribution in [3.05, 3.63) is 47.5 Å². The smallest absolute Gasteiger partial charge is 0.309 e. The number of benzene rings is 2. The molecule has 0 bridgehead atoms. The number of carbonyl (C=O) groups excluding carboxylic acids is 1. The molecule has 1 fully saturated rings. The Kier molecular flexibility index (Phi) is 5.41. The summed E-state index contributed by atoms with van der Waals surface area (Å²) in [6, 6.07) is 9.44.